The lowest BCUT2D eigenvalue weighted by Crippen LogP contribution is -3.07. The molecule has 0 aliphatic carbocycles. The monoisotopic (exact) mass is 257 g/mol. The van der Waals surface area contributed by atoms with Gasteiger partial charge in [0, 0.05) is 23.9 Å². The average Bonchev–Trinajstić information content (AvgIpc) is 2.47. The summed E-state index contributed by atoms with van der Waals surface area (Å²) in [4.78, 5) is 5.81. The first-order chi connectivity index (χ1) is 9.29. The van der Waals surface area contributed by atoms with Crippen LogP contribution in [0.2, 0.25) is 0 Å². The minimum Gasteiger partial charge on any atom is -0.496 e. The molecular weight excluding hydrogens is 236 g/mol. The van der Waals surface area contributed by atoms with Gasteiger partial charge >= 0.3 is 0 Å². The minimum atomic E-state index is 0.969. The molecular formula is C16H21N2O+. The Bertz CT molecular complexity index is 499. The molecule has 0 saturated carbocycles. The molecule has 0 fully saturated rings. The van der Waals surface area contributed by atoms with Crippen molar-refractivity contribution in [3.63, 3.8) is 0 Å². The maximum Gasteiger partial charge on any atom is 0.127 e. The quantitative estimate of drug-likeness (QED) is 0.845. The number of likely N-dealkylation sites (N-methyl/N-ethyl adjacent to an activating group) is 1. The van der Waals surface area contributed by atoms with Crippen molar-refractivity contribution >= 4 is 0 Å². The number of benzene rings is 1. The Labute approximate surface area is 114 Å². The zero-order valence-electron chi connectivity index (χ0n) is 11.6. The molecule has 0 aliphatic heterocycles. The summed E-state index contributed by atoms with van der Waals surface area (Å²) in [6.45, 7) is 2.03. The molecule has 0 bridgehead atoms. The molecule has 1 aromatic heterocycles. The van der Waals surface area contributed by atoms with Crippen LogP contribution in [0.5, 0.6) is 5.75 Å². The highest BCUT2D eigenvalue weighted by molar-refractivity contribution is 5.32. The third kappa shape index (κ3) is 4.07. The molecule has 0 saturated heterocycles. The lowest BCUT2D eigenvalue weighted by Gasteiger charge is -2.15. The SMILES string of the molecule is COc1ccccc1C[NH+](C)CCc1ccccn1. The second-order valence-corrected chi connectivity index (χ2v) is 4.77. The van der Waals surface area contributed by atoms with Crippen LogP contribution >= 0.6 is 0 Å². The largest absolute Gasteiger partial charge is 0.496 e. The zero-order valence-corrected chi connectivity index (χ0v) is 11.6. The highest BCUT2D eigenvalue weighted by Crippen LogP contribution is 2.15. The maximum absolute atomic E-state index is 5.38. The van der Waals surface area contributed by atoms with E-state index in [1.165, 1.54) is 10.5 Å². The summed E-state index contributed by atoms with van der Waals surface area (Å²) in [7, 11) is 3.93. The van der Waals surface area contributed by atoms with E-state index in [2.05, 4.69) is 30.2 Å². The topological polar surface area (TPSA) is 26.6 Å². The fourth-order valence-electron chi connectivity index (χ4n) is 2.15. The number of hydrogen-bond acceptors (Lipinski definition) is 2. The van der Waals surface area contributed by atoms with Crippen LogP contribution in [0.1, 0.15) is 11.3 Å². The number of pyridine rings is 1. The summed E-state index contributed by atoms with van der Waals surface area (Å²) in [5.74, 6) is 0.972. The predicted octanol–water partition coefficient (Wildman–Crippen LogP) is 1.35. The third-order valence-corrected chi connectivity index (χ3v) is 3.22. The number of ether oxygens (including phenoxy) is 1. The van der Waals surface area contributed by atoms with Crippen molar-refractivity contribution in [3.05, 3.63) is 59.9 Å². The van der Waals surface area contributed by atoms with Crippen LogP contribution in [-0.4, -0.2) is 25.7 Å². The van der Waals surface area contributed by atoms with E-state index in [4.69, 9.17) is 4.74 Å². The number of para-hydroxylation sites is 1. The Morgan fingerprint density at radius 1 is 1.11 bits per heavy atom. The molecule has 2 aromatic rings. The van der Waals surface area contributed by atoms with Crippen LogP contribution in [-0.2, 0) is 13.0 Å². The Hall–Kier alpha value is -1.87. The van der Waals surface area contributed by atoms with E-state index in [1.807, 2.05) is 30.5 Å². The fraction of sp³-hybridized carbons (Fsp3) is 0.312. The number of nitrogens with zero attached hydrogens (tertiary/aromatic N) is 1. The molecule has 1 atom stereocenters. The van der Waals surface area contributed by atoms with Crippen LogP contribution in [0.25, 0.3) is 0 Å². The number of methoxy groups -OCH3 is 1. The predicted molar refractivity (Wildman–Crippen MR) is 76.4 cm³/mol. The molecule has 2 rings (SSSR count). The Morgan fingerprint density at radius 3 is 2.63 bits per heavy atom. The number of nitrogens with one attached hydrogen (secondary N) is 1. The third-order valence-electron chi connectivity index (χ3n) is 3.22. The van der Waals surface area contributed by atoms with Gasteiger partial charge in [-0.2, -0.15) is 0 Å². The number of rotatable bonds is 6. The van der Waals surface area contributed by atoms with Crippen molar-refractivity contribution in [2.45, 2.75) is 13.0 Å². The number of quaternary nitrogens is 1. The average molecular weight is 257 g/mol. The molecule has 100 valence electrons. The van der Waals surface area contributed by atoms with Gasteiger partial charge in [0.1, 0.15) is 12.3 Å². The van der Waals surface area contributed by atoms with E-state index in [0.29, 0.717) is 0 Å². The van der Waals surface area contributed by atoms with Gasteiger partial charge in [0.15, 0.2) is 0 Å². The summed E-state index contributed by atoms with van der Waals surface area (Å²) in [5, 5.41) is 0. The van der Waals surface area contributed by atoms with E-state index >= 15 is 0 Å². The van der Waals surface area contributed by atoms with Crippen molar-refractivity contribution in [2.75, 3.05) is 20.7 Å². The van der Waals surface area contributed by atoms with E-state index in [-0.39, 0.29) is 0 Å². The van der Waals surface area contributed by atoms with Crippen LogP contribution in [0.15, 0.2) is 48.7 Å². The Balaban J connectivity index is 1.89. The van der Waals surface area contributed by atoms with E-state index in [0.717, 1.165) is 31.0 Å². The van der Waals surface area contributed by atoms with Gasteiger partial charge in [-0.05, 0) is 24.3 Å². The molecule has 1 N–H and O–H groups in total. The molecule has 1 heterocycles. The standard InChI is InChI=1S/C16H20N2O/c1-18(12-10-15-8-5-6-11-17-15)13-14-7-3-4-9-16(14)19-2/h3-9,11H,10,12-13H2,1-2H3/p+1. The second-order valence-electron chi connectivity index (χ2n) is 4.77. The van der Waals surface area contributed by atoms with Gasteiger partial charge in [-0.15, -0.1) is 0 Å². The Morgan fingerprint density at radius 2 is 1.89 bits per heavy atom. The van der Waals surface area contributed by atoms with E-state index < -0.39 is 0 Å². The van der Waals surface area contributed by atoms with Crippen LogP contribution in [0.3, 0.4) is 0 Å². The first kappa shape index (κ1) is 13.6. The van der Waals surface area contributed by atoms with E-state index in [1.54, 1.807) is 7.11 Å². The van der Waals surface area contributed by atoms with Gasteiger partial charge in [0.2, 0.25) is 0 Å². The van der Waals surface area contributed by atoms with Crippen LogP contribution in [0.4, 0.5) is 0 Å². The molecule has 1 unspecified atom stereocenters. The molecule has 0 amide bonds. The van der Waals surface area contributed by atoms with Gasteiger partial charge in [-0.3, -0.25) is 4.98 Å². The summed E-state index contributed by atoms with van der Waals surface area (Å²) in [6.07, 6.45) is 2.85. The molecule has 1 aromatic carbocycles. The highest BCUT2D eigenvalue weighted by atomic mass is 16.5. The zero-order chi connectivity index (χ0) is 13.5. The van der Waals surface area contributed by atoms with Crippen molar-refractivity contribution in [1.82, 2.24) is 4.98 Å². The summed E-state index contributed by atoms with van der Waals surface area (Å²) >= 11 is 0. The summed E-state index contributed by atoms with van der Waals surface area (Å²) in [5.41, 5.74) is 2.41. The minimum absolute atomic E-state index is 0.969. The number of aromatic nitrogens is 1. The molecule has 19 heavy (non-hydrogen) atoms. The molecule has 0 aliphatic rings. The van der Waals surface area contributed by atoms with Gasteiger partial charge in [0.25, 0.3) is 0 Å². The van der Waals surface area contributed by atoms with Gasteiger partial charge in [0.05, 0.1) is 20.7 Å². The highest BCUT2D eigenvalue weighted by Gasteiger charge is 2.08. The van der Waals surface area contributed by atoms with E-state index in [9.17, 15) is 0 Å². The first-order valence-corrected chi connectivity index (χ1v) is 6.62. The van der Waals surface area contributed by atoms with Gasteiger partial charge in [-0.25, -0.2) is 0 Å². The summed E-state index contributed by atoms with van der Waals surface area (Å²) in [6, 6.07) is 14.3. The second kappa shape index (κ2) is 6.90. The molecule has 0 radical (unpaired) electrons. The maximum atomic E-state index is 5.38. The number of hydrogen-bond donors (Lipinski definition) is 1. The first-order valence-electron chi connectivity index (χ1n) is 6.62. The van der Waals surface area contributed by atoms with Crippen LogP contribution in [0, 0.1) is 0 Å². The lowest BCUT2D eigenvalue weighted by molar-refractivity contribution is -0.893. The molecule has 3 heteroatoms. The van der Waals surface area contributed by atoms with Gasteiger partial charge < -0.3 is 9.64 Å². The lowest BCUT2D eigenvalue weighted by atomic mass is 10.2. The normalized spacial score (nSPS) is 12.1. The van der Waals surface area contributed by atoms with Crippen LogP contribution < -0.4 is 9.64 Å². The van der Waals surface area contributed by atoms with Gasteiger partial charge in [-0.1, -0.05) is 18.2 Å². The van der Waals surface area contributed by atoms with Crippen molar-refractivity contribution < 1.29 is 9.64 Å². The molecule has 0 spiro atoms. The summed E-state index contributed by atoms with van der Waals surface area (Å²) < 4.78 is 5.38. The fourth-order valence-corrected chi connectivity index (χ4v) is 2.15. The van der Waals surface area contributed by atoms with Crippen molar-refractivity contribution in [2.24, 2.45) is 0 Å². The Kier molecular flexibility index (Phi) is 4.93. The van der Waals surface area contributed by atoms with Crippen molar-refractivity contribution in [3.8, 4) is 5.75 Å². The smallest absolute Gasteiger partial charge is 0.127 e. The molecule has 3 nitrogen and oxygen atoms in total. The van der Waals surface area contributed by atoms with Crippen molar-refractivity contribution in [1.29, 1.82) is 0 Å².